The maximum Gasteiger partial charge on any atom is 0.223 e. The highest BCUT2D eigenvalue weighted by atomic mass is 16.2. The van der Waals surface area contributed by atoms with Gasteiger partial charge in [0, 0.05) is 38.3 Å². The first-order valence-electron chi connectivity index (χ1n) is 7.92. The Morgan fingerprint density at radius 1 is 1.14 bits per heavy atom. The first kappa shape index (κ1) is 14.4. The Hall–Kier alpha value is -1.55. The fraction of sp³-hybridized carbons (Fsp3) is 0.588. The number of benzene rings is 1. The third kappa shape index (κ3) is 2.91. The van der Waals surface area contributed by atoms with Crippen molar-refractivity contribution < 1.29 is 4.79 Å². The number of hydrogen-bond donors (Lipinski definition) is 1. The summed E-state index contributed by atoms with van der Waals surface area (Å²) in [5.74, 6) is 0.284. The van der Waals surface area contributed by atoms with Crippen LogP contribution in [0.15, 0.2) is 24.3 Å². The van der Waals surface area contributed by atoms with E-state index in [2.05, 4.69) is 34.1 Å². The van der Waals surface area contributed by atoms with Crippen molar-refractivity contribution in [1.82, 2.24) is 4.90 Å². The van der Waals surface area contributed by atoms with Crippen molar-refractivity contribution in [2.45, 2.75) is 50.2 Å². The number of carbonyl (C=O) groups is 1. The first-order valence-corrected chi connectivity index (χ1v) is 7.92. The van der Waals surface area contributed by atoms with Gasteiger partial charge in [-0.25, -0.2) is 0 Å². The second-order valence-electron chi connectivity index (χ2n) is 6.52. The Balaban J connectivity index is 1.92. The molecule has 4 heteroatoms. The lowest BCUT2D eigenvalue weighted by atomic mass is 9.96. The minimum Gasteiger partial charge on any atom is -0.378 e. The molecule has 1 amide bonds. The summed E-state index contributed by atoms with van der Waals surface area (Å²) < 4.78 is 0. The number of rotatable bonds is 3. The molecule has 0 bridgehead atoms. The van der Waals surface area contributed by atoms with E-state index in [1.807, 2.05) is 14.1 Å². The molecule has 2 aliphatic rings. The van der Waals surface area contributed by atoms with Gasteiger partial charge >= 0.3 is 0 Å². The molecule has 1 aliphatic heterocycles. The minimum atomic E-state index is 0.0438. The maximum absolute atomic E-state index is 12.5. The molecule has 3 rings (SSSR count). The van der Waals surface area contributed by atoms with E-state index in [-0.39, 0.29) is 18.0 Å². The van der Waals surface area contributed by atoms with Crippen LogP contribution >= 0.6 is 0 Å². The van der Waals surface area contributed by atoms with Crippen LogP contribution in [0.4, 0.5) is 5.69 Å². The lowest BCUT2D eigenvalue weighted by molar-refractivity contribution is -0.133. The predicted octanol–water partition coefficient (Wildman–Crippen LogP) is 2.30. The third-order valence-corrected chi connectivity index (χ3v) is 4.61. The van der Waals surface area contributed by atoms with Crippen molar-refractivity contribution >= 4 is 11.6 Å². The summed E-state index contributed by atoms with van der Waals surface area (Å²) >= 11 is 0. The SMILES string of the molecule is CN(C)c1ccc(C2C(N)CCCC(=O)N2C2CC2)cc1. The molecule has 2 unspecified atom stereocenters. The normalized spacial score (nSPS) is 26.6. The predicted molar refractivity (Wildman–Crippen MR) is 85.2 cm³/mol. The zero-order valence-corrected chi connectivity index (χ0v) is 13.0. The summed E-state index contributed by atoms with van der Waals surface area (Å²) in [6.45, 7) is 0. The van der Waals surface area contributed by atoms with Crippen LogP contribution in [0.2, 0.25) is 0 Å². The Morgan fingerprint density at radius 3 is 2.38 bits per heavy atom. The van der Waals surface area contributed by atoms with Gasteiger partial charge in [-0.15, -0.1) is 0 Å². The second kappa shape index (κ2) is 5.68. The average Bonchev–Trinajstić information content (AvgIpc) is 3.28. The van der Waals surface area contributed by atoms with Crippen LogP contribution in [0, 0.1) is 0 Å². The van der Waals surface area contributed by atoms with Gasteiger partial charge in [0.1, 0.15) is 0 Å². The maximum atomic E-state index is 12.5. The number of likely N-dealkylation sites (tertiary alicyclic amines) is 1. The number of nitrogens with zero attached hydrogens (tertiary/aromatic N) is 2. The van der Waals surface area contributed by atoms with Gasteiger partial charge in [-0.3, -0.25) is 4.79 Å². The molecule has 4 nitrogen and oxygen atoms in total. The molecule has 114 valence electrons. The van der Waals surface area contributed by atoms with E-state index in [0.29, 0.717) is 12.5 Å². The third-order valence-electron chi connectivity index (χ3n) is 4.61. The van der Waals surface area contributed by atoms with Gasteiger partial charge in [0.25, 0.3) is 0 Å². The van der Waals surface area contributed by atoms with Crippen molar-refractivity contribution in [2.75, 3.05) is 19.0 Å². The smallest absolute Gasteiger partial charge is 0.223 e. The lowest BCUT2D eigenvalue weighted by Gasteiger charge is -2.34. The fourth-order valence-electron chi connectivity index (χ4n) is 3.30. The molecule has 1 aromatic rings. The molecule has 1 aliphatic carbocycles. The van der Waals surface area contributed by atoms with E-state index in [1.54, 1.807) is 0 Å². The van der Waals surface area contributed by atoms with Gasteiger partial charge in [0.05, 0.1) is 6.04 Å². The Morgan fingerprint density at radius 2 is 1.81 bits per heavy atom. The quantitative estimate of drug-likeness (QED) is 0.928. The van der Waals surface area contributed by atoms with Crippen LogP contribution in [0.3, 0.4) is 0 Å². The molecule has 1 saturated carbocycles. The van der Waals surface area contributed by atoms with Gasteiger partial charge in [0.2, 0.25) is 5.91 Å². The van der Waals surface area contributed by atoms with E-state index in [0.717, 1.165) is 25.7 Å². The van der Waals surface area contributed by atoms with Crippen LogP contribution in [0.5, 0.6) is 0 Å². The Labute approximate surface area is 126 Å². The molecular weight excluding hydrogens is 262 g/mol. The molecule has 0 aromatic heterocycles. The summed E-state index contributed by atoms with van der Waals surface area (Å²) in [7, 11) is 4.07. The van der Waals surface area contributed by atoms with Crippen LogP contribution < -0.4 is 10.6 Å². The molecule has 21 heavy (non-hydrogen) atoms. The van der Waals surface area contributed by atoms with E-state index >= 15 is 0 Å². The summed E-state index contributed by atoms with van der Waals surface area (Å²) in [6.07, 6.45) is 4.75. The van der Waals surface area contributed by atoms with Crippen molar-refractivity contribution in [3.05, 3.63) is 29.8 Å². The second-order valence-corrected chi connectivity index (χ2v) is 6.52. The largest absolute Gasteiger partial charge is 0.378 e. The summed E-state index contributed by atoms with van der Waals surface area (Å²) in [5, 5.41) is 0. The summed E-state index contributed by atoms with van der Waals surface area (Å²) in [5.41, 5.74) is 8.77. The molecule has 1 heterocycles. The van der Waals surface area contributed by atoms with Crippen molar-refractivity contribution in [2.24, 2.45) is 5.73 Å². The highest BCUT2D eigenvalue weighted by molar-refractivity contribution is 5.78. The van der Waals surface area contributed by atoms with Crippen LogP contribution in [-0.2, 0) is 4.79 Å². The number of carbonyl (C=O) groups excluding carboxylic acids is 1. The van der Waals surface area contributed by atoms with Gasteiger partial charge in [-0.2, -0.15) is 0 Å². The Bertz CT molecular complexity index is 507. The molecule has 1 saturated heterocycles. The van der Waals surface area contributed by atoms with Crippen molar-refractivity contribution in [3.63, 3.8) is 0 Å². The van der Waals surface area contributed by atoms with Gasteiger partial charge in [0.15, 0.2) is 0 Å². The summed E-state index contributed by atoms with van der Waals surface area (Å²) in [4.78, 5) is 16.6. The van der Waals surface area contributed by atoms with Crippen LogP contribution in [0.1, 0.15) is 43.7 Å². The van der Waals surface area contributed by atoms with Gasteiger partial charge in [-0.05, 0) is 43.4 Å². The molecule has 2 fully saturated rings. The number of amides is 1. The average molecular weight is 287 g/mol. The number of anilines is 1. The fourth-order valence-corrected chi connectivity index (χ4v) is 3.30. The molecule has 2 atom stereocenters. The van der Waals surface area contributed by atoms with E-state index < -0.39 is 0 Å². The zero-order valence-electron chi connectivity index (χ0n) is 13.0. The standard InChI is InChI=1S/C17H25N3O/c1-19(2)13-8-6-12(7-9-13)17-15(18)4-3-5-16(21)20(17)14-10-11-14/h6-9,14-15,17H,3-5,10-11,18H2,1-2H3. The van der Waals surface area contributed by atoms with Crippen molar-refractivity contribution in [3.8, 4) is 0 Å². The molecule has 0 radical (unpaired) electrons. The monoisotopic (exact) mass is 287 g/mol. The number of nitrogens with two attached hydrogens (primary N) is 1. The van der Waals surface area contributed by atoms with Gasteiger partial charge in [-0.1, -0.05) is 12.1 Å². The van der Waals surface area contributed by atoms with E-state index in [9.17, 15) is 4.79 Å². The Kier molecular flexibility index (Phi) is 3.89. The topological polar surface area (TPSA) is 49.6 Å². The molecule has 2 N–H and O–H groups in total. The summed E-state index contributed by atoms with van der Waals surface area (Å²) in [6, 6.07) is 9.00. The van der Waals surface area contributed by atoms with E-state index in [4.69, 9.17) is 5.73 Å². The van der Waals surface area contributed by atoms with Crippen molar-refractivity contribution in [1.29, 1.82) is 0 Å². The highest BCUT2D eigenvalue weighted by Gasteiger charge is 2.41. The minimum absolute atomic E-state index is 0.0438. The molecular formula is C17H25N3O. The van der Waals surface area contributed by atoms with Gasteiger partial charge < -0.3 is 15.5 Å². The van der Waals surface area contributed by atoms with E-state index in [1.165, 1.54) is 11.3 Å². The molecule has 0 spiro atoms. The van der Waals surface area contributed by atoms with Crippen LogP contribution in [0.25, 0.3) is 0 Å². The first-order chi connectivity index (χ1) is 10.1. The van der Waals surface area contributed by atoms with Crippen LogP contribution in [-0.4, -0.2) is 37.0 Å². The highest BCUT2D eigenvalue weighted by Crippen LogP contribution is 2.39. The lowest BCUT2D eigenvalue weighted by Crippen LogP contribution is -2.43. The zero-order chi connectivity index (χ0) is 15.0. The molecule has 1 aromatic carbocycles. The number of hydrogen-bond acceptors (Lipinski definition) is 3.